The van der Waals surface area contributed by atoms with E-state index in [4.69, 9.17) is 4.74 Å². The molecule has 0 aliphatic carbocycles. The van der Waals surface area contributed by atoms with Crippen LogP contribution in [0.1, 0.15) is 0 Å². The van der Waals surface area contributed by atoms with Crippen LogP contribution in [0.25, 0.3) is 11.0 Å². The third kappa shape index (κ3) is 0.811. The lowest BCUT2D eigenvalue weighted by atomic mass is 10.3. The summed E-state index contributed by atoms with van der Waals surface area (Å²) < 4.78 is 7.37. The van der Waals surface area contributed by atoms with Crippen molar-refractivity contribution in [3.63, 3.8) is 0 Å². The van der Waals surface area contributed by atoms with Crippen molar-refractivity contribution in [1.29, 1.82) is 0 Å². The van der Waals surface area contributed by atoms with Gasteiger partial charge in [0, 0.05) is 0 Å². The summed E-state index contributed by atoms with van der Waals surface area (Å²) in [6.45, 7) is 4.48. The van der Waals surface area contributed by atoms with Gasteiger partial charge < -0.3 is 4.74 Å². The van der Waals surface area contributed by atoms with E-state index in [9.17, 15) is 0 Å². The molecule has 1 aliphatic rings. The third-order valence-corrected chi connectivity index (χ3v) is 2.19. The largest absolute Gasteiger partial charge is 0.429 e. The van der Waals surface area contributed by atoms with E-state index in [2.05, 4.69) is 11.6 Å². The Kier molecular flexibility index (Phi) is 1.10. The molecule has 1 aromatic carbocycles. The molecule has 0 N–H and O–H groups in total. The van der Waals surface area contributed by atoms with Crippen molar-refractivity contribution in [3.05, 3.63) is 36.6 Å². The number of rotatable bonds is 0. The number of aromatic nitrogens is 2. The Morgan fingerprint density at radius 3 is 3.15 bits per heavy atom. The van der Waals surface area contributed by atoms with E-state index in [-0.39, 0.29) is 0 Å². The summed E-state index contributed by atoms with van der Waals surface area (Å²) in [4.78, 5) is 4.32. The molecular weight excluding hydrogens is 164 g/mol. The van der Waals surface area contributed by atoms with Gasteiger partial charge in [0.1, 0.15) is 5.76 Å². The van der Waals surface area contributed by atoms with Crippen molar-refractivity contribution < 1.29 is 4.74 Å². The Hall–Kier alpha value is -1.77. The summed E-state index contributed by atoms with van der Waals surface area (Å²) in [5.74, 6) is 0.758. The van der Waals surface area contributed by atoms with Crippen molar-refractivity contribution in [3.8, 4) is 6.01 Å². The summed E-state index contributed by atoms with van der Waals surface area (Å²) in [6, 6.07) is 8.64. The molecule has 13 heavy (non-hydrogen) atoms. The van der Waals surface area contributed by atoms with Crippen LogP contribution in [-0.2, 0) is 6.54 Å². The normalized spacial score (nSPS) is 14.6. The van der Waals surface area contributed by atoms with Gasteiger partial charge in [-0.15, -0.1) is 0 Å². The van der Waals surface area contributed by atoms with Crippen LogP contribution in [0.5, 0.6) is 6.01 Å². The summed E-state index contributed by atoms with van der Waals surface area (Å²) >= 11 is 0. The lowest BCUT2D eigenvalue weighted by molar-refractivity contribution is 0.433. The number of nitrogens with zero attached hydrogens (tertiary/aromatic N) is 2. The van der Waals surface area contributed by atoms with E-state index in [0.29, 0.717) is 6.01 Å². The van der Waals surface area contributed by atoms with Gasteiger partial charge in [0.2, 0.25) is 0 Å². The second-order valence-corrected chi connectivity index (χ2v) is 3.11. The van der Waals surface area contributed by atoms with Crippen LogP contribution in [0.2, 0.25) is 0 Å². The molecule has 1 aromatic heterocycles. The van der Waals surface area contributed by atoms with Gasteiger partial charge >= 0.3 is 6.01 Å². The monoisotopic (exact) mass is 172 g/mol. The van der Waals surface area contributed by atoms with Crippen LogP contribution >= 0.6 is 0 Å². The lowest BCUT2D eigenvalue weighted by Crippen LogP contribution is -1.90. The van der Waals surface area contributed by atoms with Crippen molar-refractivity contribution in [2.75, 3.05) is 0 Å². The highest BCUT2D eigenvalue weighted by molar-refractivity contribution is 5.77. The maximum Gasteiger partial charge on any atom is 0.303 e. The second kappa shape index (κ2) is 2.13. The van der Waals surface area contributed by atoms with E-state index < -0.39 is 0 Å². The van der Waals surface area contributed by atoms with Crippen molar-refractivity contribution in [1.82, 2.24) is 9.55 Å². The van der Waals surface area contributed by atoms with Crippen LogP contribution in [0.3, 0.4) is 0 Å². The predicted molar refractivity (Wildman–Crippen MR) is 49.5 cm³/mol. The molecular formula is C10H8N2O. The number of allylic oxidation sites excluding steroid dienone is 1. The first-order valence-electron chi connectivity index (χ1n) is 4.15. The van der Waals surface area contributed by atoms with E-state index >= 15 is 0 Å². The number of hydrogen-bond acceptors (Lipinski definition) is 2. The smallest absolute Gasteiger partial charge is 0.303 e. The summed E-state index contributed by atoms with van der Waals surface area (Å²) in [6.07, 6.45) is 0. The first kappa shape index (κ1) is 6.71. The molecule has 0 radical (unpaired) electrons. The fourth-order valence-electron chi connectivity index (χ4n) is 1.62. The average Bonchev–Trinajstić information content (AvgIpc) is 2.60. The highest BCUT2D eigenvalue weighted by Gasteiger charge is 2.19. The number of fused-ring (bicyclic) bond motifs is 3. The fraction of sp³-hybridized carbons (Fsp3) is 0.100. The number of benzene rings is 1. The SMILES string of the molecule is C=C1Cn2c(nc3ccccc32)O1. The minimum atomic E-state index is 0.659. The molecule has 2 heterocycles. The molecule has 3 nitrogen and oxygen atoms in total. The van der Waals surface area contributed by atoms with Gasteiger partial charge in [0.15, 0.2) is 0 Å². The van der Waals surface area contributed by atoms with Crippen LogP contribution < -0.4 is 4.74 Å². The van der Waals surface area contributed by atoms with Crippen LogP contribution in [-0.4, -0.2) is 9.55 Å². The highest BCUT2D eigenvalue weighted by atomic mass is 16.5. The van der Waals surface area contributed by atoms with Gasteiger partial charge in [-0.25, -0.2) is 0 Å². The molecule has 0 saturated heterocycles. The first-order chi connectivity index (χ1) is 6.34. The number of ether oxygens (including phenoxy) is 1. The number of hydrogen-bond donors (Lipinski definition) is 0. The Labute approximate surface area is 75.3 Å². The van der Waals surface area contributed by atoms with Crippen molar-refractivity contribution >= 4 is 11.0 Å². The maximum absolute atomic E-state index is 5.35. The van der Waals surface area contributed by atoms with Crippen LogP contribution in [0.4, 0.5) is 0 Å². The van der Waals surface area contributed by atoms with Crippen molar-refractivity contribution in [2.24, 2.45) is 0 Å². The molecule has 0 amide bonds. The van der Waals surface area contributed by atoms with E-state index in [1.807, 2.05) is 28.8 Å². The minimum absolute atomic E-state index is 0.659. The maximum atomic E-state index is 5.35. The zero-order valence-corrected chi connectivity index (χ0v) is 7.03. The Morgan fingerprint density at radius 2 is 2.23 bits per heavy atom. The van der Waals surface area contributed by atoms with Crippen LogP contribution in [0.15, 0.2) is 36.6 Å². The second-order valence-electron chi connectivity index (χ2n) is 3.11. The van der Waals surface area contributed by atoms with Gasteiger partial charge in [-0.05, 0) is 12.1 Å². The fourth-order valence-corrected chi connectivity index (χ4v) is 1.62. The Balaban J connectivity index is 2.37. The molecule has 0 fully saturated rings. The molecule has 0 atom stereocenters. The molecule has 1 aliphatic heterocycles. The third-order valence-electron chi connectivity index (χ3n) is 2.19. The summed E-state index contributed by atoms with van der Waals surface area (Å²) in [5, 5.41) is 0. The van der Waals surface area contributed by atoms with Gasteiger partial charge in [-0.2, -0.15) is 4.98 Å². The molecule has 64 valence electrons. The Bertz CT molecular complexity index is 499. The number of imidazole rings is 1. The predicted octanol–water partition coefficient (Wildman–Crippen LogP) is 1.94. The topological polar surface area (TPSA) is 27.1 Å². The average molecular weight is 172 g/mol. The summed E-state index contributed by atoms with van der Waals surface area (Å²) in [7, 11) is 0. The molecule has 0 unspecified atom stereocenters. The zero-order valence-electron chi connectivity index (χ0n) is 7.03. The molecule has 0 bridgehead atoms. The standard InChI is InChI=1S/C10H8N2O/c1-7-6-12-9-5-3-2-4-8(9)11-10(12)13-7/h2-5H,1,6H2. The lowest BCUT2D eigenvalue weighted by Gasteiger charge is -1.93. The highest BCUT2D eigenvalue weighted by Crippen LogP contribution is 2.27. The van der Waals surface area contributed by atoms with Gasteiger partial charge in [0.25, 0.3) is 0 Å². The molecule has 3 rings (SSSR count). The molecule has 0 saturated carbocycles. The van der Waals surface area contributed by atoms with Crippen LogP contribution in [0, 0.1) is 0 Å². The van der Waals surface area contributed by atoms with E-state index in [0.717, 1.165) is 23.3 Å². The van der Waals surface area contributed by atoms with Gasteiger partial charge in [-0.3, -0.25) is 4.57 Å². The molecule has 2 aromatic rings. The molecule has 3 heteroatoms. The number of para-hydroxylation sites is 2. The molecule has 0 spiro atoms. The first-order valence-corrected chi connectivity index (χ1v) is 4.15. The van der Waals surface area contributed by atoms with Gasteiger partial charge in [0.05, 0.1) is 17.6 Å². The van der Waals surface area contributed by atoms with E-state index in [1.54, 1.807) is 0 Å². The quantitative estimate of drug-likeness (QED) is 0.607. The Morgan fingerprint density at radius 1 is 1.38 bits per heavy atom. The summed E-state index contributed by atoms with van der Waals surface area (Å²) in [5.41, 5.74) is 2.08. The van der Waals surface area contributed by atoms with Gasteiger partial charge in [-0.1, -0.05) is 18.7 Å². The minimum Gasteiger partial charge on any atom is -0.429 e. The van der Waals surface area contributed by atoms with Crippen molar-refractivity contribution in [2.45, 2.75) is 6.54 Å². The van der Waals surface area contributed by atoms with E-state index in [1.165, 1.54) is 0 Å². The zero-order chi connectivity index (χ0) is 8.84.